The summed E-state index contributed by atoms with van der Waals surface area (Å²) in [6.07, 6.45) is 6.56. The molecule has 0 aromatic rings. The van der Waals surface area contributed by atoms with Crippen LogP contribution in [0.25, 0.3) is 0 Å². The van der Waals surface area contributed by atoms with Gasteiger partial charge >= 0.3 is 0 Å². The van der Waals surface area contributed by atoms with Crippen molar-refractivity contribution in [2.45, 2.75) is 25.7 Å². The zero-order valence-corrected chi connectivity index (χ0v) is 8.50. The van der Waals surface area contributed by atoms with Gasteiger partial charge < -0.3 is 9.64 Å². The summed E-state index contributed by atoms with van der Waals surface area (Å²) in [6.45, 7) is 2.91. The molecule has 1 amide bonds. The van der Waals surface area contributed by atoms with E-state index in [2.05, 4.69) is 6.08 Å². The zero-order chi connectivity index (χ0) is 9.80. The average Bonchev–Trinajstić information content (AvgIpc) is 2.30. The van der Waals surface area contributed by atoms with Crippen molar-refractivity contribution in [2.24, 2.45) is 0 Å². The van der Waals surface area contributed by atoms with E-state index in [1.54, 1.807) is 0 Å². The van der Waals surface area contributed by atoms with Crippen LogP contribution in [0.5, 0.6) is 0 Å². The maximum atomic E-state index is 12.0. The van der Waals surface area contributed by atoms with Crippen molar-refractivity contribution in [2.75, 3.05) is 26.3 Å². The number of nitrogens with zero attached hydrogens (tertiary/aromatic N) is 1. The highest BCUT2D eigenvalue weighted by Gasteiger charge is 2.20. The van der Waals surface area contributed by atoms with Gasteiger partial charge in [-0.25, -0.2) is 0 Å². The standard InChI is InChI=1S/C11H17NO2/c13-11(10-4-2-1-3-5-10)12-6-8-14-9-7-12/h4H,1-3,5-9H2. The Labute approximate surface area is 84.7 Å². The highest BCUT2D eigenvalue weighted by Crippen LogP contribution is 2.19. The maximum absolute atomic E-state index is 12.0. The van der Waals surface area contributed by atoms with Crippen molar-refractivity contribution in [1.82, 2.24) is 4.90 Å². The maximum Gasteiger partial charge on any atom is 0.249 e. The van der Waals surface area contributed by atoms with Crippen LogP contribution >= 0.6 is 0 Å². The molecular formula is C11H17NO2. The summed E-state index contributed by atoms with van der Waals surface area (Å²) in [5.41, 5.74) is 1.03. The van der Waals surface area contributed by atoms with Crippen molar-refractivity contribution in [1.29, 1.82) is 0 Å². The van der Waals surface area contributed by atoms with Crippen molar-refractivity contribution < 1.29 is 9.53 Å². The second kappa shape index (κ2) is 4.60. The van der Waals surface area contributed by atoms with Crippen molar-refractivity contribution in [3.8, 4) is 0 Å². The molecule has 0 saturated carbocycles. The summed E-state index contributed by atoms with van der Waals surface area (Å²) in [6, 6.07) is 0. The van der Waals surface area contributed by atoms with E-state index in [0.29, 0.717) is 13.2 Å². The molecule has 2 aliphatic rings. The van der Waals surface area contributed by atoms with Crippen LogP contribution in [0.3, 0.4) is 0 Å². The van der Waals surface area contributed by atoms with E-state index >= 15 is 0 Å². The van der Waals surface area contributed by atoms with Crippen LogP contribution in [0.4, 0.5) is 0 Å². The molecule has 0 unspecified atom stereocenters. The smallest absolute Gasteiger partial charge is 0.249 e. The molecule has 1 heterocycles. The molecule has 0 spiro atoms. The van der Waals surface area contributed by atoms with E-state index in [4.69, 9.17) is 4.74 Å². The molecule has 3 heteroatoms. The molecule has 1 aliphatic heterocycles. The van der Waals surface area contributed by atoms with Crippen LogP contribution in [0.1, 0.15) is 25.7 Å². The summed E-state index contributed by atoms with van der Waals surface area (Å²) < 4.78 is 5.22. The molecule has 2 rings (SSSR count). The van der Waals surface area contributed by atoms with Crippen molar-refractivity contribution >= 4 is 5.91 Å². The first-order chi connectivity index (χ1) is 6.88. The average molecular weight is 195 g/mol. The molecule has 0 atom stereocenters. The Morgan fingerprint density at radius 3 is 2.71 bits per heavy atom. The normalized spacial score (nSPS) is 23.1. The molecule has 0 bridgehead atoms. The highest BCUT2D eigenvalue weighted by molar-refractivity contribution is 5.93. The summed E-state index contributed by atoms with van der Waals surface area (Å²) >= 11 is 0. The number of carbonyl (C=O) groups is 1. The fraction of sp³-hybridized carbons (Fsp3) is 0.727. The lowest BCUT2D eigenvalue weighted by Crippen LogP contribution is -2.41. The highest BCUT2D eigenvalue weighted by atomic mass is 16.5. The minimum atomic E-state index is 0.244. The molecule has 3 nitrogen and oxygen atoms in total. The van der Waals surface area contributed by atoms with Crippen LogP contribution < -0.4 is 0 Å². The first-order valence-electron chi connectivity index (χ1n) is 5.44. The largest absolute Gasteiger partial charge is 0.378 e. The Morgan fingerprint density at radius 1 is 1.29 bits per heavy atom. The van der Waals surface area contributed by atoms with E-state index in [1.165, 1.54) is 12.8 Å². The predicted octanol–water partition coefficient (Wildman–Crippen LogP) is 1.35. The van der Waals surface area contributed by atoms with Gasteiger partial charge in [-0.3, -0.25) is 4.79 Å². The predicted molar refractivity (Wildman–Crippen MR) is 54.0 cm³/mol. The van der Waals surface area contributed by atoms with Crippen LogP contribution in [-0.2, 0) is 9.53 Å². The Balaban J connectivity index is 1.95. The summed E-state index contributed by atoms with van der Waals surface area (Å²) in [7, 11) is 0. The van der Waals surface area contributed by atoms with Crippen LogP contribution in [0.2, 0.25) is 0 Å². The number of rotatable bonds is 1. The molecule has 0 N–H and O–H groups in total. The van der Waals surface area contributed by atoms with E-state index in [0.717, 1.165) is 31.5 Å². The van der Waals surface area contributed by atoms with E-state index in [1.807, 2.05) is 4.90 Å². The molecule has 0 aromatic carbocycles. The van der Waals surface area contributed by atoms with Gasteiger partial charge in [-0.15, -0.1) is 0 Å². The number of carbonyl (C=O) groups excluding carboxylic acids is 1. The Kier molecular flexibility index (Phi) is 3.19. The molecule has 1 aliphatic carbocycles. The molecule has 78 valence electrons. The van der Waals surface area contributed by atoms with Gasteiger partial charge in [0, 0.05) is 18.7 Å². The van der Waals surface area contributed by atoms with Gasteiger partial charge in [0.2, 0.25) is 5.91 Å². The van der Waals surface area contributed by atoms with Gasteiger partial charge in [0.25, 0.3) is 0 Å². The third-order valence-electron chi connectivity index (χ3n) is 2.86. The van der Waals surface area contributed by atoms with Gasteiger partial charge in [0.1, 0.15) is 0 Å². The number of amides is 1. The van der Waals surface area contributed by atoms with Crippen molar-refractivity contribution in [3.63, 3.8) is 0 Å². The van der Waals surface area contributed by atoms with E-state index < -0.39 is 0 Å². The van der Waals surface area contributed by atoms with Crippen LogP contribution in [0.15, 0.2) is 11.6 Å². The quantitative estimate of drug-likeness (QED) is 0.632. The first-order valence-corrected chi connectivity index (χ1v) is 5.44. The monoisotopic (exact) mass is 195 g/mol. The second-order valence-electron chi connectivity index (χ2n) is 3.88. The molecule has 14 heavy (non-hydrogen) atoms. The minimum Gasteiger partial charge on any atom is -0.378 e. The Morgan fingerprint density at radius 2 is 2.07 bits per heavy atom. The van der Waals surface area contributed by atoms with Gasteiger partial charge in [0.05, 0.1) is 13.2 Å². The third-order valence-corrected chi connectivity index (χ3v) is 2.86. The molecular weight excluding hydrogens is 178 g/mol. The number of allylic oxidation sites excluding steroid dienone is 1. The lowest BCUT2D eigenvalue weighted by Gasteiger charge is -2.28. The van der Waals surface area contributed by atoms with Gasteiger partial charge in [-0.1, -0.05) is 6.08 Å². The summed E-state index contributed by atoms with van der Waals surface area (Å²) in [5, 5.41) is 0. The number of hydrogen-bond acceptors (Lipinski definition) is 2. The Hall–Kier alpha value is -0.830. The van der Waals surface area contributed by atoms with Gasteiger partial charge in [-0.2, -0.15) is 0 Å². The summed E-state index contributed by atoms with van der Waals surface area (Å²) in [5.74, 6) is 0.244. The van der Waals surface area contributed by atoms with E-state index in [9.17, 15) is 4.79 Å². The molecule has 1 saturated heterocycles. The fourth-order valence-electron chi connectivity index (χ4n) is 2.00. The number of morpholine rings is 1. The zero-order valence-electron chi connectivity index (χ0n) is 8.50. The number of hydrogen-bond donors (Lipinski definition) is 0. The first kappa shape index (κ1) is 9.71. The SMILES string of the molecule is O=C(C1=CCCCC1)N1CCOCC1. The van der Waals surface area contributed by atoms with Crippen LogP contribution in [0, 0.1) is 0 Å². The third kappa shape index (κ3) is 2.15. The van der Waals surface area contributed by atoms with Crippen LogP contribution in [-0.4, -0.2) is 37.1 Å². The van der Waals surface area contributed by atoms with Crippen molar-refractivity contribution in [3.05, 3.63) is 11.6 Å². The molecule has 1 fully saturated rings. The Bertz CT molecular complexity index is 242. The van der Waals surface area contributed by atoms with Gasteiger partial charge in [-0.05, 0) is 25.7 Å². The van der Waals surface area contributed by atoms with Gasteiger partial charge in [0.15, 0.2) is 0 Å². The minimum absolute atomic E-state index is 0.244. The van der Waals surface area contributed by atoms with E-state index in [-0.39, 0.29) is 5.91 Å². The lowest BCUT2D eigenvalue weighted by atomic mass is 9.98. The lowest BCUT2D eigenvalue weighted by molar-refractivity contribution is -0.131. The molecule has 0 aromatic heterocycles. The fourth-order valence-corrected chi connectivity index (χ4v) is 2.00. The second-order valence-corrected chi connectivity index (χ2v) is 3.88. The number of ether oxygens (including phenoxy) is 1. The molecule has 0 radical (unpaired) electrons. The summed E-state index contributed by atoms with van der Waals surface area (Å²) in [4.78, 5) is 13.9. The topological polar surface area (TPSA) is 29.5 Å².